The Morgan fingerprint density at radius 2 is 1.31 bits per heavy atom. The predicted molar refractivity (Wildman–Crippen MR) is 219 cm³/mol. The number of nitrogens with two attached hydrogens (primary N) is 1. The van der Waals surface area contributed by atoms with Crippen LogP contribution in [-0.4, -0.2) is 69.3 Å². The average molecular weight is 837 g/mol. The molecule has 18 heteroatoms. The van der Waals surface area contributed by atoms with Crippen LogP contribution in [0.1, 0.15) is 26.3 Å². The van der Waals surface area contributed by atoms with Gasteiger partial charge in [0.05, 0.1) is 49.1 Å². The monoisotopic (exact) mass is 835 g/mol. The van der Waals surface area contributed by atoms with Crippen LogP contribution < -0.4 is 30.6 Å². The van der Waals surface area contributed by atoms with Gasteiger partial charge in [-0.05, 0) is 67.9 Å². The molecule has 2 aromatic carbocycles. The summed E-state index contributed by atoms with van der Waals surface area (Å²) in [6, 6.07) is 11.8. The Bertz CT molecular complexity index is 2290. The van der Waals surface area contributed by atoms with Crippen molar-refractivity contribution in [3.05, 3.63) is 113 Å². The van der Waals surface area contributed by atoms with E-state index in [1.807, 2.05) is 26.8 Å². The third-order valence-corrected chi connectivity index (χ3v) is 7.88. The molecule has 0 fully saturated rings. The predicted octanol–water partition coefficient (Wildman–Crippen LogP) is 8.77. The van der Waals surface area contributed by atoms with Crippen LogP contribution >= 0.6 is 23.2 Å². The Kier molecular flexibility index (Phi) is 17.3. The van der Waals surface area contributed by atoms with Crippen molar-refractivity contribution in [1.29, 1.82) is 0 Å². The lowest BCUT2D eigenvalue weighted by atomic mass is 10.2. The number of ether oxygens (including phenoxy) is 4. The first kappa shape index (κ1) is 44.5. The topological polar surface area (TPSA) is 181 Å². The van der Waals surface area contributed by atoms with E-state index in [0.29, 0.717) is 52.0 Å². The minimum absolute atomic E-state index is 0.112. The van der Waals surface area contributed by atoms with Crippen LogP contribution in [0.2, 0.25) is 10.0 Å². The van der Waals surface area contributed by atoms with Crippen LogP contribution in [0.4, 0.5) is 31.8 Å². The van der Waals surface area contributed by atoms with Crippen LogP contribution in [-0.2, 0) is 9.53 Å². The highest BCUT2D eigenvalue weighted by Gasteiger charge is 2.17. The van der Waals surface area contributed by atoms with E-state index in [1.165, 1.54) is 68.3 Å². The number of carbonyl (C=O) groups excluding carboxylic acids is 1. The molecule has 0 unspecified atom stereocenters. The van der Waals surface area contributed by atoms with E-state index in [-0.39, 0.29) is 41.8 Å². The van der Waals surface area contributed by atoms with Crippen molar-refractivity contribution in [2.45, 2.75) is 27.7 Å². The van der Waals surface area contributed by atoms with Gasteiger partial charge in [0, 0.05) is 40.9 Å². The molecular formula is C40H41Cl2F2N9O5. The van der Waals surface area contributed by atoms with E-state index >= 15 is 0 Å². The third kappa shape index (κ3) is 12.4. The number of nitrogens with zero attached hydrogens (tertiary/aromatic N) is 6. The van der Waals surface area contributed by atoms with Crippen molar-refractivity contribution in [2.24, 2.45) is 5.73 Å². The number of aromatic nitrogens is 6. The molecule has 0 spiro atoms. The highest BCUT2D eigenvalue weighted by Crippen LogP contribution is 2.33. The lowest BCUT2D eigenvalue weighted by Crippen LogP contribution is -2.15. The summed E-state index contributed by atoms with van der Waals surface area (Å²) >= 11 is 11.9. The fourth-order valence-electron chi connectivity index (χ4n) is 4.75. The van der Waals surface area contributed by atoms with Gasteiger partial charge in [-0.2, -0.15) is 0 Å². The Labute approximate surface area is 344 Å². The Morgan fingerprint density at radius 3 is 1.88 bits per heavy atom. The lowest BCUT2D eigenvalue weighted by Gasteiger charge is -2.14. The maximum Gasteiger partial charge on any atom is 0.344 e. The highest BCUT2D eigenvalue weighted by atomic mass is 35.5. The minimum atomic E-state index is -0.516. The smallest absolute Gasteiger partial charge is 0.344 e. The van der Waals surface area contributed by atoms with Gasteiger partial charge in [-0.15, -0.1) is 0 Å². The van der Waals surface area contributed by atoms with Gasteiger partial charge in [-0.3, -0.25) is 9.97 Å². The number of carbonyl (C=O) groups is 1. The fourth-order valence-corrected chi connectivity index (χ4v) is 5.09. The summed E-state index contributed by atoms with van der Waals surface area (Å²) in [6.07, 6.45) is 9.25. The number of hydrogen-bond acceptors (Lipinski definition) is 14. The summed E-state index contributed by atoms with van der Waals surface area (Å²) in [7, 11) is 1.45. The number of methoxy groups -OCH3 is 1. The molecule has 58 heavy (non-hydrogen) atoms. The van der Waals surface area contributed by atoms with Crippen molar-refractivity contribution in [3.8, 4) is 40.0 Å². The minimum Gasteiger partial charge on any atom is -0.491 e. The van der Waals surface area contributed by atoms with Crippen molar-refractivity contribution >= 4 is 52.2 Å². The van der Waals surface area contributed by atoms with Gasteiger partial charge in [-0.1, -0.05) is 37.0 Å². The van der Waals surface area contributed by atoms with E-state index in [4.69, 9.17) is 47.9 Å². The molecule has 4 heterocycles. The van der Waals surface area contributed by atoms with Crippen LogP contribution in [0.3, 0.4) is 0 Å². The van der Waals surface area contributed by atoms with E-state index in [1.54, 1.807) is 25.4 Å². The van der Waals surface area contributed by atoms with Gasteiger partial charge >= 0.3 is 5.97 Å². The first-order chi connectivity index (χ1) is 28.1. The van der Waals surface area contributed by atoms with Gasteiger partial charge in [0.2, 0.25) is 0 Å². The second-order valence-corrected chi connectivity index (χ2v) is 12.2. The fraction of sp³-hybridized carbons (Fsp3) is 0.225. The number of benzene rings is 2. The van der Waals surface area contributed by atoms with Crippen LogP contribution in [0.25, 0.3) is 22.8 Å². The maximum absolute atomic E-state index is 14.2. The molecule has 0 atom stereocenters. The quantitative estimate of drug-likeness (QED) is 0.0886. The number of hydrogen-bond donors (Lipinski definition) is 3. The molecule has 0 radical (unpaired) electrons. The number of aryl methyl sites for hydroxylation is 1. The third-order valence-electron chi connectivity index (χ3n) is 7.41. The standard InChI is InChI=1S/C20H18ClFN4O4.C18H17ClFN5O.C2H6/c1-3-29-18(27)11-30-16-9-23-7-6-15(16)25-20-17(28-2)10-24-19(26-20)13-8-12(21)4-5-14(13)22;1-11-9-22-6-4-15(11)24-18-16(26-7-5-21)10-23-17(25-18)13-8-12(19)2-3-14(13)20;1-2/h4-10H,3,11H2,1-2H3,(H,23,24,25,26);2-4,6,8-10H,5,7,21H2,1H3,(H,22,23,24,25);1-2H3. The first-order valence-electron chi connectivity index (χ1n) is 17.8. The molecule has 0 aliphatic carbocycles. The summed E-state index contributed by atoms with van der Waals surface area (Å²) in [5, 5.41) is 6.97. The summed E-state index contributed by atoms with van der Waals surface area (Å²) in [4.78, 5) is 36.8. The molecule has 0 saturated heterocycles. The summed E-state index contributed by atoms with van der Waals surface area (Å²) in [6.45, 7) is 8.23. The Morgan fingerprint density at radius 1 is 0.759 bits per heavy atom. The van der Waals surface area contributed by atoms with Gasteiger partial charge in [0.15, 0.2) is 47.1 Å². The highest BCUT2D eigenvalue weighted by molar-refractivity contribution is 6.31. The first-order valence-corrected chi connectivity index (χ1v) is 18.5. The van der Waals surface area contributed by atoms with E-state index in [2.05, 4.69) is 40.5 Å². The van der Waals surface area contributed by atoms with Crippen molar-refractivity contribution in [1.82, 2.24) is 29.9 Å². The number of rotatable bonds is 14. The molecule has 0 bridgehead atoms. The summed E-state index contributed by atoms with van der Waals surface area (Å²) < 4.78 is 49.6. The normalized spacial score (nSPS) is 10.2. The van der Waals surface area contributed by atoms with E-state index in [0.717, 1.165) is 11.3 Å². The molecule has 6 rings (SSSR count). The summed E-state index contributed by atoms with van der Waals surface area (Å²) in [5.74, 6) is 0.500. The molecule has 4 N–H and O–H groups in total. The number of pyridine rings is 2. The van der Waals surface area contributed by atoms with Crippen LogP contribution in [0, 0.1) is 18.6 Å². The molecule has 14 nitrogen and oxygen atoms in total. The number of esters is 1. The zero-order chi connectivity index (χ0) is 42.0. The van der Waals surface area contributed by atoms with Gasteiger partial charge in [-0.25, -0.2) is 33.5 Å². The molecule has 6 aromatic rings. The van der Waals surface area contributed by atoms with Crippen molar-refractivity contribution in [3.63, 3.8) is 0 Å². The molecule has 0 amide bonds. The zero-order valence-electron chi connectivity index (χ0n) is 32.2. The largest absolute Gasteiger partial charge is 0.491 e. The maximum atomic E-state index is 14.2. The summed E-state index contributed by atoms with van der Waals surface area (Å²) in [5.41, 5.74) is 8.03. The zero-order valence-corrected chi connectivity index (χ0v) is 33.7. The molecule has 0 aliphatic heterocycles. The van der Waals surface area contributed by atoms with Gasteiger partial charge < -0.3 is 35.3 Å². The van der Waals surface area contributed by atoms with Crippen LogP contribution in [0.5, 0.6) is 17.2 Å². The average Bonchev–Trinajstić information content (AvgIpc) is 3.23. The molecule has 4 aromatic heterocycles. The second-order valence-electron chi connectivity index (χ2n) is 11.3. The van der Waals surface area contributed by atoms with E-state index < -0.39 is 17.6 Å². The van der Waals surface area contributed by atoms with Gasteiger partial charge in [0.25, 0.3) is 0 Å². The van der Waals surface area contributed by atoms with E-state index in [9.17, 15) is 13.6 Å². The Balaban J connectivity index is 0.000000248. The molecule has 0 aliphatic rings. The SMILES string of the molecule is CC.CCOC(=O)COc1cnccc1Nc1nc(-c2cc(Cl)ccc2F)ncc1OC.Cc1cnccc1Nc1nc(-c2cc(Cl)ccc2F)ncc1OCCN. The lowest BCUT2D eigenvalue weighted by molar-refractivity contribution is -0.145. The second kappa shape index (κ2) is 22.5. The van der Waals surface area contributed by atoms with Crippen LogP contribution in [0.15, 0.2) is 85.7 Å². The molecule has 0 saturated carbocycles. The molecular weight excluding hydrogens is 795 g/mol. The van der Waals surface area contributed by atoms with Gasteiger partial charge in [0.1, 0.15) is 18.2 Å². The Hall–Kier alpha value is -6.23. The number of halogens is 4. The van der Waals surface area contributed by atoms with Crippen molar-refractivity contribution < 1.29 is 32.5 Å². The van der Waals surface area contributed by atoms with Crippen molar-refractivity contribution in [2.75, 3.05) is 44.1 Å². The molecule has 304 valence electrons. The number of nitrogens with one attached hydrogen (secondary N) is 2. The number of anilines is 4.